The SMILES string of the molecule is CCOC(=O)Nc1cc(CCc2cnc(CC(=O)Cc3cc(C(F)(F)F)ccc3F)s2)ccn1. The summed E-state index contributed by atoms with van der Waals surface area (Å²) in [7, 11) is 0. The third-order valence-electron chi connectivity index (χ3n) is 4.70. The summed E-state index contributed by atoms with van der Waals surface area (Å²) in [5, 5.41) is 3.04. The fraction of sp³-hybridized carbons (Fsp3) is 0.304. The molecule has 0 fully saturated rings. The molecule has 1 amide bonds. The lowest BCUT2D eigenvalue weighted by atomic mass is 10.0. The van der Waals surface area contributed by atoms with Crippen molar-refractivity contribution in [2.45, 2.75) is 38.8 Å². The Morgan fingerprint density at radius 1 is 1.09 bits per heavy atom. The summed E-state index contributed by atoms with van der Waals surface area (Å²) in [5.74, 6) is -0.911. The summed E-state index contributed by atoms with van der Waals surface area (Å²) in [6.07, 6.45) is -1.28. The Bertz CT molecular complexity index is 1160. The maximum absolute atomic E-state index is 13.9. The number of carbonyl (C=O) groups is 2. The van der Waals surface area contributed by atoms with E-state index in [0.29, 0.717) is 35.8 Å². The van der Waals surface area contributed by atoms with Gasteiger partial charge in [0.15, 0.2) is 0 Å². The number of aryl methyl sites for hydroxylation is 2. The number of anilines is 1. The minimum absolute atomic E-state index is 0.0940. The number of benzene rings is 1. The molecule has 0 bridgehead atoms. The number of ketones is 1. The van der Waals surface area contributed by atoms with Crippen molar-refractivity contribution in [1.82, 2.24) is 9.97 Å². The van der Waals surface area contributed by atoms with Crippen molar-refractivity contribution in [2.24, 2.45) is 0 Å². The highest BCUT2D eigenvalue weighted by Gasteiger charge is 2.31. The zero-order valence-electron chi connectivity index (χ0n) is 18.1. The van der Waals surface area contributed by atoms with Crippen LogP contribution >= 0.6 is 11.3 Å². The highest BCUT2D eigenvalue weighted by atomic mass is 32.1. The highest BCUT2D eigenvalue weighted by Crippen LogP contribution is 2.30. The van der Waals surface area contributed by atoms with Crippen molar-refractivity contribution >= 4 is 29.0 Å². The van der Waals surface area contributed by atoms with Crippen LogP contribution in [0.25, 0.3) is 0 Å². The molecular formula is C23H21F4N3O3S. The van der Waals surface area contributed by atoms with Crippen molar-refractivity contribution in [2.75, 3.05) is 11.9 Å². The van der Waals surface area contributed by atoms with Gasteiger partial charge in [-0.25, -0.2) is 19.2 Å². The largest absolute Gasteiger partial charge is 0.450 e. The van der Waals surface area contributed by atoms with E-state index in [9.17, 15) is 27.2 Å². The summed E-state index contributed by atoms with van der Waals surface area (Å²) < 4.78 is 57.3. The van der Waals surface area contributed by atoms with Gasteiger partial charge >= 0.3 is 12.3 Å². The standard InChI is InChI=1S/C23H21F4N3O3S/c1-2-33-22(32)30-20-9-14(7-8-28-20)3-5-18-13-29-21(34-18)12-17(31)11-15-10-16(23(25,26)27)4-6-19(15)24/h4,6-10,13H,2-3,5,11-12H2,1H3,(H,28,30,32). The van der Waals surface area contributed by atoms with Gasteiger partial charge in [-0.2, -0.15) is 13.2 Å². The summed E-state index contributed by atoms with van der Waals surface area (Å²) in [6.45, 7) is 1.95. The molecule has 0 saturated heterocycles. The Morgan fingerprint density at radius 2 is 1.88 bits per heavy atom. The molecule has 0 aliphatic carbocycles. The number of pyridine rings is 1. The topological polar surface area (TPSA) is 81.2 Å². The van der Waals surface area contributed by atoms with Gasteiger partial charge in [-0.15, -0.1) is 11.3 Å². The molecule has 1 aromatic carbocycles. The predicted molar refractivity (Wildman–Crippen MR) is 118 cm³/mol. The fourth-order valence-electron chi connectivity index (χ4n) is 3.11. The van der Waals surface area contributed by atoms with Crippen LogP contribution < -0.4 is 5.32 Å². The molecule has 2 aromatic heterocycles. The van der Waals surface area contributed by atoms with E-state index in [-0.39, 0.29) is 18.6 Å². The van der Waals surface area contributed by atoms with E-state index in [4.69, 9.17) is 4.74 Å². The molecular weight excluding hydrogens is 474 g/mol. The number of nitrogens with zero attached hydrogens (tertiary/aromatic N) is 2. The average molecular weight is 495 g/mol. The number of hydrogen-bond donors (Lipinski definition) is 1. The minimum Gasteiger partial charge on any atom is -0.450 e. The Labute approximate surface area is 197 Å². The number of nitrogens with one attached hydrogen (secondary N) is 1. The number of carbonyl (C=O) groups excluding carboxylic acids is 2. The molecule has 180 valence electrons. The van der Waals surface area contributed by atoms with Gasteiger partial charge in [0.1, 0.15) is 22.4 Å². The predicted octanol–water partition coefficient (Wildman–Crippen LogP) is 5.40. The monoisotopic (exact) mass is 495 g/mol. The van der Waals surface area contributed by atoms with Crippen LogP contribution in [-0.2, 0) is 41.4 Å². The maximum atomic E-state index is 13.9. The van der Waals surface area contributed by atoms with Crippen LogP contribution in [0.5, 0.6) is 0 Å². The first-order chi connectivity index (χ1) is 16.1. The zero-order chi connectivity index (χ0) is 24.7. The third kappa shape index (κ3) is 7.34. The van der Waals surface area contributed by atoms with Crippen molar-refractivity contribution in [3.63, 3.8) is 0 Å². The van der Waals surface area contributed by atoms with Gasteiger partial charge in [-0.05, 0) is 61.2 Å². The second-order valence-electron chi connectivity index (χ2n) is 7.31. The zero-order valence-corrected chi connectivity index (χ0v) is 18.9. The lowest BCUT2D eigenvalue weighted by Gasteiger charge is -2.09. The molecule has 0 radical (unpaired) electrons. The molecule has 0 saturated carbocycles. The van der Waals surface area contributed by atoms with Crippen molar-refractivity contribution in [1.29, 1.82) is 0 Å². The number of rotatable bonds is 9. The number of Topliss-reactive ketones (excluding diaryl/α,β-unsaturated/α-hetero) is 1. The van der Waals surface area contributed by atoms with Crippen molar-refractivity contribution in [3.8, 4) is 0 Å². The number of halogens is 4. The van der Waals surface area contributed by atoms with Gasteiger partial charge in [-0.3, -0.25) is 10.1 Å². The lowest BCUT2D eigenvalue weighted by Crippen LogP contribution is -2.14. The number of thiazole rings is 1. The highest BCUT2D eigenvalue weighted by molar-refractivity contribution is 7.11. The number of alkyl halides is 3. The van der Waals surface area contributed by atoms with Crippen molar-refractivity contribution in [3.05, 3.63) is 75.1 Å². The minimum atomic E-state index is -4.61. The molecule has 3 rings (SSSR count). The van der Waals surface area contributed by atoms with Gasteiger partial charge in [0.2, 0.25) is 0 Å². The Hall–Kier alpha value is -3.34. The number of aromatic nitrogens is 2. The second-order valence-corrected chi connectivity index (χ2v) is 8.51. The molecule has 0 unspecified atom stereocenters. The Morgan fingerprint density at radius 3 is 2.62 bits per heavy atom. The van der Waals surface area contributed by atoms with Crippen LogP contribution in [0.4, 0.5) is 28.2 Å². The summed E-state index contributed by atoms with van der Waals surface area (Å²) in [4.78, 5) is 33.0. The fourth-order valence-corrected chi connectivity index (χ4v) is 4.06. The van der Waals surface area contributed by atoms with E-state index in [1.807, 2.05) is 6.07 Å². The summed E-state index contributed by atoms with van der Waals surface area (Å²) >= 11 is 1.31. The first-order valence-electron chi connectivity index (χ1n) is 10.3. The lowest BCUT2D eigenvalue weighted by molar-refractivity contribution is -0.137. The van der Waals surface area contributed by atoms with E-state index in [1.54, 1.807) is 25.4 Å². The summed E-state index contributed by atoms with van der Waals surface area (Å²) in [5.41, 5.74) is -0.362. The average Bonchev–Trinajstić information content (AvgIpc) is 3.20. The molecule has 2 heterocycles. The van der Waals surface area contributed by atoms with Gasteiger partial charge in [0.05, 0.1) is 18.6 Å². The van der Waals surface area contributed by atoms with Crippen LogP contribution in [0.15, 0.2) is 42.7 Å². The molecule has 6 nitrogen and oxygen atoms in total. The first kappa shape index (κ1) is 25.3. The molecule has 34 heavy (non-hydrogen) atoms. The van der Waals surface area contributed by atoms with Crippen LogP contribution in [-0.4, -0.2) is 28.5 Å². The van der Waals surface area contributed by atoms with Gasteiger partial charge in [0, 0.05) is 23.7 Å². The van der Waals surface area contributed by atoms with Gasteiger partial charge < -0.3 is 4.74 Å². The smallest absolute Gasteiger partial charge is 0.416 e. The van der Waals surface area contributed by atoms with Crippen LogP contribution in [0.3, 0.4) is 0 Å². The third-order valence-corrected chi connectivity index (χ3v) is 5.76. The molecule has 0 atom stereocenters. The molecule has 11 heteroatoms. The van der Waals surface area contributed by atoms with E-state index < -0.39 is 35.9 Å². The molecule has 0 spiro atoms. The number of ether oxygens (including phenoxy) is 1. The normalized spacial score (nSPS) is 11.3. The Kier molecular flexibility index (Phi) is 8.32. The van der Waals surface area contributed by atoms with E-state index in [2.05, 4.69) is 15.3 Å². The molecule has 0 aliphatic rings. The number of hydrogen-bond acceptors (Lipinski definition) is 6. The van der Waals surface area contributed by atoms with E-state index in [0.717, 1.165) is 16.5 Å². The molecule has 0 aliphatic heterocycles. The summed E-state index contributed by atoms with van der Waals surface area (Å²) in [6, 6.07) is 5.58. The van der Waals surface area contributed by atoms with Crippen LogP contribution in [0.1, 0.15) is 33.5 Å². The quantitative estimate of drug-likeness (QED) is 0.402. The Balaban J connectivity index is 1.55. The maximum Gasteiger partial charge on any atom is 0.416 e. The van der Waals surface area contributed by atoms with Gasteiger partial charge in [-0.1, -0.05) is 0 Å². The van der Waals surface area contributed by atoms with Crippen molar-refractivity contribution < 1.29 is 31.9 Å². The van der Waals surface area contributed by atoms with Crippen LogP contribution in [0.2, 0.25) is 0 Å². The first-order valence-corrected chi connectivity index (χ1v) is 11.1. The number of amides is 1. The van der Waals surface area contributed by atoms with E-state index in [1.165, 1.54) is 11.3 Å². The second kappa shape index (κ2) is 11.2. The van der Waals surface area contributed by atoms with Gasteiger partial charge in [0.25, 0.3) is 0 Å². The molecule has 3 aromatic rings. The molecule has 1 N–H and O–H groups in total. The van der Waals surface area contributed by atoms with E-state index >= 15 is 0 Å². The van der Waals surface area contributed by atoms with Crippen LogP contribution in [0, 0.1) is 5.82 Å².